The monoisotopic (exact) mass is 322 g/mol. The predicted octanol–water partition coefficient (Wildman–Crippen LogP) is 3.30. The molecule has 0 radical (unpaired) electrons. The Hall–Kier alpha value is -1.78. The highest BCUT2D eigenvalue weighted by Gasteiger charge is 2.23. The van der Waals surface area contributed by atoms with E-state index < -0.39 is 0 Å². The Morgan fingerprint density at radius 2 is 1.78 bits per heavy atom. The van der Waals surface area contributed by atoms with Crippen LogP contribution in [0.3, 0.4) is 0 Å². The van der Waals surface area contributed by atoms with Crippen LogP contribution in [-0.2, 0) is 4.79 Å². The van der Waals surface area contributed by atoms with E-state index in [4.69, 9.17) is 4.42 Å². The normalized spacial score (nSPS) is 12.6. The van der Waals surface area contributed by atoms with Crippen LogP contribution < -0.4 is 5.32 Å². The Balaban J connectivity index is 2.71. The minimum Gasteiger partial charge on any atom is -0.466 e. The molecule has 0 aromatic carbocycles. The van der Waals surface area contributed by atoms with Crippen LogP contribution in [0.5, 0.6) is 0 Å². The highest BCUT2D eigenvalue weighted by molar-refractivity contribution is 5.95. The number of carbonyl (C=O) groups excluding carboxylic acids is 2. The zero-order valence-electron chi connectivity index (χ0n) is 15.4. The quantitative estimate of drug-likeness (QED) is 0.838. The molecule has 0 fully saturated rings. The number of nitrogens with one attached hydrogen (secondary N) is 1. The highest BCUT2D eigenvalue weighted by atomic mass is 16.3. The van der Waals surface area contributed by atoms with Gasteiger partial charge in [0.15, 0.2) is 0 Å². The Labute approximate surface area is 139 Å². The molecule has 0 aliphatic carbocycles. The third-order valence-corrected chi connectivity index (χ3v) is 4.12. The molecule has 0 bridgehead atoms. The van der Waals surface area contributed by atoms with Crippen molar-refractivity contribution in [2.75, 3.05) is 6.54 Å². The standard InChI is InChI=1S/C18H30N2O3/c1-11(2)14(6)19-17(21)8-9-20(12(3)4)18(22)16-10-13(5)23-15(16)7/h10-12,14H,8-9H2,1-7H3,(H,19,21). The van der Waals surface area contributed by atoms with Crippen LogP contribution >= 0.6 is 0 Å². The lowest BCUT2D eigenvalue weighted by Crippen LogP contribution is -2.42. The third-order valence-electron chi connectivity index (χ3n) is 4.12. The molecule has 2 amide bonds. The van der Waals surface area contributed by atoms with Crippen molar-refractivity contribution in [3.8, 4) is 0 Å². The van der Waals surface area contributed by atoms with Crippen molar-refractivity contribution < 1.29 is 14.0 Å². The van der Waals surface area contributed by atoms with E-state index >= 15 is 0 Å². The first kappa shape index (κ1) is 19.3. The van der Waals surface area contributed by atoms with E-state index in [1.54, 1.807) is 17.9 Å². The van der Waals surface area contributed by atoms with Gasteiger partial charge < -0.3 is 14.6 Å². The number of amides is 2. The molecule has 5 nitrogen and oxygen atoms in total. The number of aryl methyl sites for hydroxylation is 2. The smallest absolute Gasteiger partial charge is 0.257 e. The van der Waals surface area contributed by atoms with Crippen molar-refractivity contribution in [3.63, 3.8) is 0 Å². The summed E-state index contributed by atoms with van der Waals surface area (Å²) in [5.74, 6) is 1.62. The summed E-state index contributed by atoms with van der Waals surface area (Å²) in [7, 11) is 0. The Kier molecular flexibility index (Phi) is 6.85. The number of nitrogens with zero attached hydrogens (tertiary/aromatic N) is 1. The summed E-state index contributed by atoms with van der Waals surface area (Å²) in [6.07, 6.45) is 0.302. The van der Waals surface area contributed by atoms with Gasteiger partial charge in [-0.05, 0) is 46.6 Å². The molecule has 130 valence electrons. The maximum absolute atomic E-state index is 12.7. The van der Waals surface area contributed by atoms with Gasteiger partial charge in [-0.25, -0.2) is 0 Å². The van der Waals surface area contributed by atoms with Crippen LogP contribution in [0.1, 0.15) is 62.9 Å². The second kappa shape index (κ2) is 8.18. The zero-order chi connectivity index (χ0) is 17.7. The molecule has 23 heavy (non-hydrogen) atoms. The Morgan fingerprint density at radius 3 is 2.22 bits per heavy atom. The summed E-state index contributed by atoms with van der Waals surface area (Å²) in [6, 6.07) is 1.91. The molecule has 1 N–H and O–H groups in total. The third kappa shape index (κ3) is 5.41. The van der Waals surface area contributed by atoms with Gasteiger partial charge in [0.2, 0.25) is 5.91 Å². The maximum atomic E-state index is 12.7. The van der Waals surface area contributed by atoms with Crippen molar-refractivity contribution in [2.24, 2.45) is 5.92 Å². The molecule has 0 aliphatic rings. The number of rotatable bonds is 7. The lowest BCUT2D eigenvalue weighted by atomic mass is 10.1. The summed E-state index contributed by atoms with van der Waals surface area (Å²) < 4.78 is 5.44. The van der Waals surface area contributed by atoms with Gasteiger partial charge in [-0.3, -0.25) is 9.59 Å². The number of hydrogen-bond acceptors (Lipinski definition) is 3. The average Bonchev–Trinajstić information content (AvgIpc) is 2.77. The number of hydrogen-bond donors (Lipinski definition) is 1. The van der Waals surface area contributed by atoms with Crippen LogP contribution in [0.15, 0.2) is 10.5 Å². The van der Waals surface area contributed by atoms with Crippen LogP contribution in [0, 0.1) is 19.8 Å². The summed E-state index contributed by atoms with van der Waals surface area (Å²) in [6.45, 7) is 14.0. The SMILES string of the molecule is Cc1cc(C(=O)N(CCC(=O)NC(C)C(C)C)C(C)C)c(C)o1. The molecule has 1 unspecified atom stereocenters. The molecular weight excluding hydrogens is 292 g/mol. The topological polar surface area (TPSA) is 62.6 Å². The van der Waals surface area contributed by atoms with Gasteiger partial charge in [0, 0.05) is 25.0 Å². The van der Waals surface area contributed by atoms with E-state index in [0.717, 1.165) is 5.76 Å². The van der Waals surface area contributed by atoms with Gasteiger partial charge in [-0.2, -0.15) is 0 Å². The average molecular weight is 322 g/mol. The second-order valence-corrected chi connectivity index (χ2v) is 6.77. The molecule has 0 saturated carbocycles. The first-order chi connectivity index (χ1) is 10.6. The lowest BCUT2D eigenvalue weighted by Gasteiger charge is -2.27. The van der Waals surface area contributed by atoms with E-state index in [1.165, 1.54) is 0 Å². The van der Waals surface area contributed by atoms with Gasteiger partial charge in [-0.15, -0.1) is 0 Å². The molecule has 1 atom stereocenters. The van der Waals surface area contributed by atoms with Gasteiger partial charge >= 0.3 is 0 Å². The van der Waals surface area contributed by atoms with E-state index in [-0.39, 0.29) is 23.9 Å². The molecule has 0 saturated heterocycles. The van der Waals surface area contributed by atoms with Crippen molar-refractivity contribution in [3.05, 3.63) is 23.2 Å². The fourth-order valence-electron chi connectivity index (χ4n) is 2.31. The zero-order valence-corrected chi connectivity index (χ0v) is 15.4. The fraction of sp³-hybridized carbons (Fsp3) is 0.667. The van der Waals surface area contributed by atoms with Crippen molar-refractivity contribution in [1.82, 2.24) is 10.2 Å². The first-order valence-corrected chi connectivity index (χ1v) is 8.30. The largest absolute Gasteiger partial charge is 0.466 e. The second-order valence-electron chi connectivity index (χ2n) is 6.77. The van der Waals surface area contributed by atoms with Crippen LogP contribution in [0.25, 0.3) is 0 Å². The van der Waals surface area contributed by atoms with Crippen LogP contribution in [0.2, 0.25) is 0 Å². The molecule has 1 rings (SSSR count). The van der Waals surface area contributed by atoms with Crippen molar-refractivity contribution in [2.45, 2.75) is 67.0 Å². The van der Waals surface area contributed by atoms with Crippen molar-refractivity contribution >= 4 is 11.8 Å². The van der Waals surface area contributed by atoms with Gasteiger partial charge in [-0.1, -0.05) is 13.8 Å². The molecular formula is C18H30N2O3. The lowest BCUT2D eigenvalue weighted by molar-refractivity contribution is -0.122. The van der Waals surface area contributed by atoms with E-state index in [9.17, 15) is 9.59 Å². The van der Waals surface area contributed by atoms with Crippen LogP contribution in [-0.4, -0.2) is 35.3 Å². The van der Waals surface area contributed by atoms with Gasteiger partial charge in [0.25, 0.3) is 5.91 Å². The number of furan rings is 1. The molecule has 1 aromatic heterocycles. The number of carbonyl (C=O) groups is 2. The van der Waals surface area contributed by atoms with Gasteiger partial charge in [0.05, 0.1) is 5.56 Å². The summed E-state index contributed by atoms with van der Waals surface area (Å²) >= 11 is 0. The fourth-order valence-corrected chi connectivity index (χ4v) is 2.31. The summed E-state index contributed by atoms with van der Waals surface area (Å²) in [4.78, 5) is 26.5. The van der Waals surface area contributed by atoms with Crippen LogP contribution in [0.4, 0.5) is 0 Å². The van der Waals surface area contributed by atoms with E-state index in [1.807, 2.05) is 27.7 Å². The van der Waals surface area contributed by atoms with Crippen molar-refractivity contribution in [1.29, 1.82) is 0 Å². The molecule has 0 spiro atoms. The van der Waals surface area contributed by atoms with E-state index in [0.29, 0.717) is 30.2 Å². The summed E-state index contributed by atoms with van der Waals surface area (Å²) in [5, 5.41) is 2.97. The highest BCUT2D eigenvalue weighted by Crippen LogP contribution is 2.17. The predicted molar refractivity (Wildman–Crippen MR) is 91.4 cm³/mol. The molecule has 1 aromatic rings. The Morgan fingerprint density at radius 1 is 1.17 bits per heavy atom. The summed E-state index contributed by atoms with van der Waals surface area (Å²) in [5.41, 5.74) is 0.576. The van der Waals surface area contributed by atoms with E-state index in [2.05, 4.69) is 19.2 Å². The molecule has 5 heteroatoms. The van der Waals surface area contributed by atoms with Gasteiger partial charge in [0.1, 0.15) is 11.5 Å². The molecule has 0 aliphatic heterocycles. The molecule has 1 heterocycles. The first-order valence-electron chi connectivity index (χ1n) is 8.30. The minimum absolute atomic E-state index is 0.0208. The minimum atomic E-state index is -0.0842. The maximum Gasteiger partial charge on any atom is 0.257 e. The Bertz CT molecular complexity index is 546.